The molecule has 0 fully saturated rings. The first-order valence-corrected chi connectivity index (χ1v) is 45.9. The van der Waals surface area contributed by atoms with Crippen molar-refractivity contribution in [2.45, 2.75) is 174 Å². The number of benzene rings is 9. The topological polar surface area (TPSA) is 85.5 Å². The molecule has 0 spiro atoms. The summed E-state index contributed by atoms with van der Waals surface area (Å²) < 4.78 is 18.4. The molecular weight excluding hydrogens is 1560 g/mol. The van der Waals surface area contributed by atoms with E-state index in [1.54, 1.807) is 0 Å². The second-order valence-corrected chi connectivity index (χ2v) is 37.6. The molecule has 12 heteroatoms. The molecule has 0 atom stereocenters. The van der Waals surface area contributed by atoms with Crippen LogP contribution in [0.25, 0.3) is 165 Å². The van der Waals surface area contributed by atoms with E-state index in [1.807, 2.05) is 0 Å². The van der Waals surface area contributed by atoms with Crippen molar-refractivity contribution < 1.29 is 18.6 Å². The van der Waals surface area contributed by atoms with E-state index in [2.05, 4.69) is 459 Å². The summed E-state index contributed by atoms with van der Waals surface area (Å²) in [5, 5.41) is 9.86. The van der Waals surface area contributed by atoms with Gasteiger partial charge in [0.05, 0.1) is 34.8 Å². The van der Waals surface area contributed by atoms with Crippen molar-refractivity contribution >= 4 is 109 Å². The Labute approximate surface area is 752 Å². The predicted molar refractivity (Wildman–Crippen MR) is 535 cm³/mol. The van der Waals surface area contributed by atoms with Gasteiger partial charge in [0.25, 0.3) is 5.52 Å². The van der Waals surface area contributed by atoms with Crippen LogP contribution in [0.1, 0.15) is 197 Å². The number of nitrogens with zero attached hydrogens (tertiary/aromatic N) is 12. The van der Waals surface area contributed by atoms with E-state index in [-0.39, 0.29) is 0 Å². The van der Waals surface area contributed by atoms with Crippen LogP contribution >= 0.6 is 0 Å². The van der Waals surface area contributed by atoms with E-state index in [0.29, 0.717) is 35.5 Å². The van der Waals surface area contributed by atoms with E-state index in [1.165, 1.54) is 193 Å². The maximum atomic E-state index is 5.23. The van der Waals surface area contributed by atoms with Crippen LogP contribution in [0.15, 0.2) is 255 Å². The van der Waals surface area contributed by atoms with Crippen LogP contribution in [-0.4, -0.2) is 38.2 Å². The fourth-order valence-corrected chi connectivity index (χ4v) is 20.3. The standard InChI is InChI=1S/C37H32N3.C31H36N3.C27H28N3.C21H24N3/c1-24(2)33-22-25(3)36-35(38-33)30-18-11-12-19-31(30)37-32(23-39(4)40(36)37)34-28(26-14-7-5-8-15-26)20-13-21-29(34)27-16-9-6-10-17-27;1-18(2)22-14-11-15-23(19(3)4)28(22)26-17-33(8)34-30-21(7)16-27(20(5)6)32-29(30)24-12-9-10-13-25(24)31(26)34;1-16(2)23-14-19(5)26-25(28-23)20-12-7-8-13-21(20)27-22(15-29(6)30(26)27)24-17(3)10-9-11-18(24)4;1-12(2)18-11-13(3)20-19(22-18)16-9-7-8-10-17(16)21-14(4)15(5)23(6)24(20)21/h5-24H,1-4H3;9-20H,1-8H3;7-16H,1-6H3;7-12H,1-6H3/q4*+1. The van der Waals surface area contributed by atoms with Gasteiger partial charge in [-0.3, -0.25) is 15.0 Å². The number of fused-ring (bicyclic) bond motifs is 24. The van der Waals surface area contributed by atoms with Crippen molar-refractivity contribution in [1.82, 2.24) is 38.2 Å². The summed E-state index contributed by atoms with van der Waals surface area (Å²) in [6.45, 7) is 44.6. The van der Waals surface area contributed by atoms with E-state index < -0.39 is 0 Å². The highest BCUT2D eigenvalue weighted by Crippen LogP contribution is 2.47. The maximum absolute atomic E-state index is 5.23. The summed E-state index contributed by atoms with van der Waals surface area (Å²) in [6, 6.07) is 85.5. The third kappa shape index (κ3) is 14.3. The predicted octanol–water partition coefficient (Wildman–Crippen LogP) is 27.4. The number of pyridine rings is 8. The van der Waals surface area contributed by atoms with Gasteiger partial charge in [-0.05, 0) is 194 Å². The van der Waals surface area contributed by atoms with Crippen molar-refractivity contribution in [2.75, 3.05) is 0 Å². The molecule has 128 heavy (non-hydrogen) atoms. The van der Waals surface area contributed by atoms with Crippen molar-refractivity contribution in [2.24, 2.45) is 28.2 Å². The van der Waals surface area contributed by atoms with Crippen LogP contribution in [0.3, 0.4) is 0 Å². The van der Waals surface area contributed by atoms with Crippen LogP contribution < -0.4 is 18.6 Å². The molecule has 12 aromatic heterocycles. The van der Waals surface area contributed by atoms with Gasteiger partial charge in [0.1, 0.15) is 55.2 Å². The lowest BCUT2D eigenvalue weighted by Crippen LogP contribution is -2.34. The third-order valence-electron chi connectivity index (χ3n) is 26.9. The molecular formula is C116H120N12+4. The highest BCUT2D eigenvalue weighted by atomic mass is 15.4. The van der Waals surface area contributed by atoms with Gasteiger partial charge < -0.3 is 0 Å². The molecule has 0 aliphatic rings. The smallest absolute Gasteiger partial charge is 0.250 e. The molecule has 21 aromatic rings. The molecule has 12 heterocycles. The largest absolute Gasteiger partial charge is 0.265 e. The second kappa shape index (κ2) is 33.6. The summed E-state index contributed by atoms with van der Waals surface area (Å²) >= 11 is 0. The number of aryl methyl sites for hydroxylation is 11. The molecule has 0 N–H and O–H groups in total. The van der Waals surface area contributed by atoms with Crippen LogP contribution in [0.4, 0.5) is 0 Å². The summed E-state index contributed by atoms with van der Waals surface area (Å²) in [5.41, 5.74) is 44.4. The van der Waals surface area contributed by atoms with Crippen LogP contribution in [-0.2, 0) is 28.2 Å². The average molecular weight is 1680 g/mol. The third-order valence-corrected chi connectivity index (χ3v) is 26.9. The zero-order chi connectivity index (χ0) is 90.0. The van der Waals surface area contributed by atoms with Gasteiger partial charge in [-0.1, -0.05) is 294 Å². The fourth-order valence-electron chi connectivity index (χ4n) is 20.3. The van der Waals surface area contributed by atoms with Crippen molar-refractivity contribution in [3.63, 3.8) is 0 Å². The lowest BCUT2D eigenvalue weighted by Gasteiger charge is -2.19. The lowest BCUT2D eigenvalue weighted by molar-refractivity contribution is -0.735. The van der Waals surface area contributed by atoms with E-state index >= 15 is 0 Å². The van der Waals surface area contributed by atoms with Crippen LogP contribution in [0.2, 0.25) is 0 Å². The van der Waals surface area contributed by atoms with Gasteiger partial charge >= 0.3 is 0 Å². The first kappa shape index (κ1) is 85.2. The molecule has 0 bridgehead atoms. The molecule has 640 valence electrons. The van der Waals surface area contributed by atoms with Crippen molar-refractivity contribution in [3.8, 4) is 55.6 Å². The Morgan fingerprint density at radius 2 is 0.562 bits per heavy atom. The number of hydrogen-bond donors (Lipinski definition) is 0. The first-order valence-electron chi connectivity index (χ1n) is 45.9. The first-order chi connectivity index (χ1) is 61.5. The Balaban J connectivity index is 0.000000117. The Morgan fingerprint density at radius 1 is 0.258 bits per heavy atom. The van der Waals surface area contributed by atoms with E-state index in [9.17, 15) is 0 Å². The Bertz CT molecular complexity index is 7920. The average Bonchev–Trinajstić information content (AvgIpc) is 1.55. The van der Waals surface area contributed by atoms with Gasteiger partial charge in [-0.2, -0.15) is 4.68 Å². The summed E-state index contributed by atoms with van der Waals surface area (Å²) in [5.74, 6) is 2.45. The lowest BCUT2D eigenvalue weighted by atomic mass is 9.85. The molecule has 0 unspecified atom stereocenters. The second-order valence-electron chi connectivity index (χ2n) is 37.6. The molecule has 9 aromatic carbocycles. The number of hydrogen-bond acceptors (Lipinski definition) is 4. The zero-order valence-electron chi connectivity index (χ0n) is 79.1. The zero-order valence-corrected chi connectivity index (χ0v) is 79.1. The normalized spacial score (nSPS) is 12.0. The van der Waals surface area contributed by atoms with Gasteiger partial charge in [0.15, 0.2) is 21.1 Å². The van der Waals surface area contributed by atoms with Crippen molar-refractivity contribution in [3.05, 3.63) is 334 Å². The molecule has 0 aliphatic carbocycles. The van der Waals surface area contributed by atoms with E-state index in [4.69, 9.17) is 19.9 Å². The molecule has 0 amide bonds. The van der Waals surface area contributed by atoms with Gasteiger partial charge in [-0.15, -0.1) is 27.6 Å². The summed E-state index contributed by atoms with van der Waals surface area (Å²) in [6.07, 6.45) is 6.89. The maximum Gasteiger partial charge on any atom is 0.265 e. The Morgan fingerprint density at radius 3 is 0.930 bits per heavy atom. The Hall–Kier alpha value is -13.6. The highest BCUT2D eigenvalue weighted by molar-refractivity contribution is 6.18. The quantitative estimate of drug-likeness (QED) is 0.0954. The van der Waals surface area contributed by atoms with Gasteiger partial charge in [-0.25, -0.2) is 4.98 Å². The molecule has 0 aliphatic heterocycles. The van der Waals surface area contributed by atoms with Gasteiger partial charge in [0, 0.05) is 77.2 Å². The minimum atomic E-state index is 0.359. The highest BCUT2D eigenvalue weighted by Gasteiger charge is 2.33. The fraction of sp³-hybridized carbons (Fsp3) is 0.259. The van der Waals surface area contributed by atoms with Crippen LogP contribution in [0, 0.1) is 55.4 Å². The van der Waals surface area contributed by atoms with E-state index in [0.717, 1.165) is 50.4 Å². The molecule has 0 saturated heterocycles. The minimum absolute atomic E-state index is 0.359. The van der Waals surface area contributed by atoms with Crippen LogP contribution in [0.5, 0.6) is 0 Å². The number of aromatic nitrogens is 12. The summed E-state index contributed by atoms with van der Waals surface area (Å²) in [7, 11) is 8.58. The molecule has 0 radical (unpaired) electrons. The Kier molecular flexibility index (Phi) is 22.4. The molecule has 0 saturated carbocycles. The van der Waals surface area contributed by atoms with Crippen molar-refractivity contribution in [1.29, 1.82) is 0 Å². The number of rotatable bonds is 11. The SMILES string of the molecule is Cc1c(C)n(C)[n+]2c1c1ccccc1c1nc(C(C)C)cc(C)c12.Cc1cc(C(C)C)nc2c3ccccc3c3c(-c4c(-c5ccccc5)cccc4-c4ccccc4)c[n+](C)n3c12.Cc1cc(C(C)C)nc2c3ccccc3c3c(-c4c(C(C)C)cccc4C(C)C)c[n+](C)n3c12.Cc1cccc(C)c1-c1c[n+](C)n2c1c1ccccc1c1nc(C(C)C)cc(C)c12. The molecule has 21 rings (SSSR count). The summed E-state index contributed by atoms with van der Waals surface area (Å²) in [4.78, 5) is 20.6. The molecule has 12 nitrogen and oxygen atoms in total. The van der Waals surface area contributed by atoms with Gasteiger partial charge in [0.2, 0.25) is 24.1 Å². The minimum Gasteiger partial charge on any atom is -0.250 e. The monoisotopic (exact) mass is 1680 g/mol.